The molecule has 3 amide bonds. The van der Waals surface area contributed by atoms with Crippen LogP contribution in [0.4, 0.5) is 10.5 Å². The Hall–Kier alpha value is -4.23. The molecule has 0 aliphatic carbocycles. The van der Waals surface area contributed by atoms with E-state index >= 15 is 0 Å². The molecule has 1 atom stereocenters. The summed E-state index contributed by atoms with van der Waals surface area (Å²) in [6, 6.07) is 29.9. The van der Waals surface area contributed by atoms with Gasteiger partial charge in [0.15, 0.2) is 0 Å². The Morgan fingerprint density at radius 2 is 1.55 bits per heavy atom. The fraction of sp³-hybridized carbons (Fsp3) is 0.343. The van der Waals surface area contributed by atoms with E-state index in [1.54, 1.807) is 0 Å². The molecular formula is C35H41N5O2. The molecule has 0 unspecified atom stereocenters. The van der Waals surface area contributed by atoms with E-state index in [1.165, 1.54) is 0 Å². The van der Waals surface area contributed by atoms with Crippen molar-refractivity contribution in [1.29, 1.82) is 0 Å². The zero-order chi connectivity index (χ0) is 29.5. The molecular weight excluding hydrogens is 522 g/mol. The van der Waals surface area contributed by atoms with Crippen molar-refractivity contribution in [2.75, 3.05) is 38.0 Å². The lowest BCUT2D eigenvalue weighted by atomic mass is 9.70. The molecule has 7 heteroatoms. The summed E-state index contributed by atoms with van der Waals surface area (Å²) in [5.41, 5.74) is 3.71. The van der Waals surface area contributed by atoms with Gasteiger partial charge in [-0.05, 0) is 63.4 Å². The molecule has 42 heavy (non-hydrogen) atoms. The average Bonchev–Trinajstić information content (AvgIpc) is 3.46. The Labute approximate surface area is 248 Å². The summed E-state index contributed by atoms with van der Waals surface area (Å²) in [6.07, 6.45) is 1.51. The van der Waals surface area contributed by atoms with E-state index in [0.29, 0.717) is 19.5 Å². The van der Waals surface area contributed by atoms with Crippen LogP contribution < -0.4 is 10.6 Å². The van der Waals surface area contributed by atoms with E-state index < -0.39 is 5.41 Å². The Morgan fingerprint density at radius 3 is 2.19 bits per heavy atom. The molecule has 1 aromatic heterocycles. The number of fused-ring (bicyclic) bond motifs is 1. The molecule has 3 aromatic carbocycles. The van der Waals surface area contributed by atoms with Crippen molar-refractivity contribution in [3.8, 4) is 0 Å². The summed E-state index contributed by atoms with van der Waals surface area (Å²) in [5, 5.41) is 7.14. The second kappa shape index (κ2) is 13.2. The van der Waals surface area contributed by atoms with Crippen molar-refractivity contribution < 1.29 is 9.59 Å². The Balaban J connectivity index is 1.31. The first-order valence-corrected chi connectivity index (χ1v) is 15.0. The van der Waals surface area contributed by atoms with Crippen molar-refractivity contribution >= 4 is 28.5 Å². The lowest BCUT2D eigenvalue weighted by molar-refractivity contribution is -0.136. The van der Waals surface area contributed by atoms with Crippen LogP contribution >= 0.6 is 0 Å². The minimum absolute atomic E-state index is 0.0283. The van der Waals surface area contributed by atoms with Crippen LogP contribution in [0.1, 0.15) is 43.5 Å². The number of anilines is 1. The predicted octanol–water partition coefficient (Wildman–Crippen LogP) is 5.98. The summed E-state index contributed by atoms with van der Waals surface area (Å²) in [6.45, 7) is 9.68. The Morgan fingerprint density at radius 1 is 0.929 bits per heavy atom. The molecule has 0 radical (unpaired) electrons. The van der Waals surface area contributed by atoms with E-state index in [-0.39, 0.29) is 18.0 Å². The van der Waals surface area contributed by atoms with Crippen LogP contribution in [0.2, 0.25) is 0 Å². The molecule has 4 aromatic rings. The number of para-hydroxylation sites is 1. The van der Waals surface area contributed by atoms with Gasteiger partial charge in [0.05, 0.1) is 11.2 Å². The van der Waals surface area contributed by atoms with Gasteiger partial charge in [0.2, 0.25) is 5.91 Å². The molecule has 1 aliphatic heterocycles. The van der Waals surface area contributed by atoms with Gasteiger partial charge < -0.3 is 20.4 Å². The highest BCUT2D eigenvalue weighted by atomic mass is 16.2. The number of pyridine rings is 1. The molecule has 1 saturated heterocycles. The summed E-state index contributed by atoms with van der Waals surface area (Å²) in [5.74, 6) is 0.137. The van der Waals surface area contributed by atoms with Crippen molar-refractivity contribution in [2.45, 2.75) is 45.1 Å². The van der Waals surface area contributed by atoms with Crippen LogP contribution in [0.25, 0.3) is 10.9 Å². The molecule has 2 N–H and O–H groups in total. The number of hydrogen-bond acceptors (Lipinski definition) is 4. The number of likely N-dealkylation sites (N-methyl/N-ethyl adjacent to an activating group) is 1. The van der Waals surface area contributed by atoms with Gasteiger partial charge in [-0.3, -0.25) is 9.78 Å². The lowest BCUT2D eigenvalue weighted by Gasteiger charge is -2.39. The second-order valence-electron chi connectivity index (χ2n) is 11.1. The van der Waals surface area contributed by atoms with Gasteiger partial charge in [0, 0.05) is 43.3 Å². The van der Waals surface area contributed by atoms with Gasteiger partial charge >= 0.3 is 6.03 Å². The van der Waals surface area contributed by atoms with Crippen molar-refractivity contribution in [1.82, 2.24) is 20.1 Å². The highest BCUT2D eigenvalue weighted by Gasteiger charge is 2.44. The number of rotatable bonds is 10. The number of nitrogens with one attached hydrogen (secondary N) is 2. The summed E-state index contributed by atoms with van der Waals surface area (Å²) in [4.78, 5) is 36.3. The Bertz CT molecular complexity index is 1460. The molecule has 2 heterocycles. The molecule has 7 nitrogen and oxygen atoms in total. The fourth-order valence-corrected chi connectivity index (χ4v) is 6.27. The number of hydrogen-bond donors (Lipinski definition) is 2. The zero-order valence-corrected chi connectivity index (χ0v) is 24.8. The van der Waals surface area contributed by atoms with Crippen LogP contribution in [0.3, 0.4) is 0 Å². The zero-order valence-electron chi connectivity index (χ0n) is 24.8. The highest BCUT2D eigenvalue weighted by molar-refractivity contribution is 6.00. The number of nitrogens with zero attached hydrogens (tertiary/aromatic N) is 3. The van der Waals surface area contributed by atoms with Gasteiger partial charge in [-0.15, -0.1) is 0 Å². The molecule has 0 saturated carbocycles. The number of aryl methyl sites for hydroxylation is 1. The quantitative estimate of drug-likeness (QED) is 0.249. The smallest absolute Gasteiger partial charge is 0.319 e. The van der Waals surface area contributed by atoms with Crippen molar-refractivity contribution in [2.24, 2.45) is 0 Å². The third-order valence-electron chi connectivity index (χ3n) is 8.45. The fourth-order valence-electron chi connectivity index (χ4n) is 6.27. The third kappa shape index (κ3) is 6.16. The van der Waals surface area contributed by atoms with Crippen LogP contribution in [0.15, 0.2) is 91.0 Å². The second-order valence-corrected chi connectivity index (χ2v) is 11.1. The maximum absolute atomic E-state index is 14.4. The highest BCUT2D eigenvalue weighted by Crippen LogP contribution is 2.38. The first-order valence-electron chi connectivity index (χ1n) is 15.0. The molecule has 1 fully saturated rings. The number of urea groups is 1. The standard InChI is InChI=1S/C35H41N5O2/c1-4-40(5-2)33(41)35(27-14-8-6-9-15-27,28-16-10-7-11-17-28)21-23-39-22-20-29(25-39)37-34(42)38-32-24-26(3)36-31-19-13-12-18-30(31)32/h6-19,24,29H,4-5,20-23,25H2,1-3H3,(H2,36,37,38,42)/t29-/m1/s1. The van der Waals surface area contributed by atoms with Crippen molar-refractivity contribution in [3.63, 3.8) is 0 Å². The van der Waals surface area contributed by atoms with Crippen LogP contribution in [-0.2, 0) is 10.2 Å². The van der Waals surface area contributed by atoms with Crippen LogP contribution in [0.5, 0.6) is 0 Å². The molecule has 0 bridgehead atoms. The Kier molecular flexibility index (Phi) is 9.18. The third-order valence-corrected chi connectivity index (χ3v) is 8.45. The number of aromatic nitrogens is 1. The first kappa shape index (κ1) is 29.3. The normalized spacial score (nSPS) is 15.5. The summed E-state index contributed by atoms with van der Waals surface area (Å²) < 4.78 is 0. The number of carbonyl (C=O) groups is 2. The number of amides is 3. The number of benzene rings is 3. The molecule has 0 spiro atoms. The van der Waals surface area contributed by atoms with E-state index in [2.05, 4.69) is 44.8 Å². The molecule has 5 rings (SSSR count). The van der Waals surface area contributed by atoms with Crippen molar-refractivity contribution in [3.05, 3.63) is 108 Å². The summed E-state index contributed by atoms with van der Waals surface area (Å²) >= 11 is 0. The first-order chi connectivity index (χ1) is 20.4. The maximum atomic E-state index is 14.4. The maximum Gasteiger partial charge on any atom is 0.319 e. The van der Waals surface area contributed by atoms with E-state index in [9.17, 15) is 9.59 Å². The molecule has 218 valence electrons. The van der Waals surface area contributed by atoms with Gasteiger partial charge in [-0.1, -0.05) is 78.9 Å². The monoisotopic (exact) mass is 563 g/mol. The number of likely N-dealkylation sites (tertiary alicyclic amines) is 1. The minimum Gasteiger partial charge on any atom is -0.342 e. The van der Waals surface area contributed by atoms with E-state index in [0.717, 1.165) is 59.5 Å². The van der Waals surface area contributed by atoms with E-state index in [4.69, 9.17) is 0 Å². The topological polar surface area (TPSA) is 77.6 Å². The minimum atomic E-state index is -0.794. The average molecular weight is 564 g/mol. The van der Waals surface area contributed by atoms with Gasteiger partial charge in [-0.2, -0.15) is 0 Å². The predicted molar refractivity (Wildman–Crippen MR) is 170 cm³/mol. The van der Waals surface area contributed by atoms with Gasteiger partial charge in [0.1, 0.15) is 5.41 Å². The molecule has 1 aliphatic rings. The van der Waals surface area contributed by atoms with Crippen LogP contribution in [0, 0.1) is 6.92 Å². The summed E-state index contributed by atoms with van der Waals surface area (Å²) in [7, 11) is 0. The largest absolute Gasteiger partial charge is 0.342 e. The van der Waals surface area contributed by atoms with Gasteiger partial charge in [-0.25, -0.2) is 4.79 Å². The lowest BCUT2D eigenvalue weighted by Crippen LogP contribution is -2.49. The van der Waals surface area contributed by atoms with Gasteiger partial charge in [0.25, 0.3) is 0 Å². The van der Waals surface area contributed by atoms with Crippen LogP contribution in [-0.4, -0.2) is 65.5 Å². The van der Waals surface area contributed by atoms with E-state index in [1.807, 2.05) is 92.4 Å². The SMILES string of the molecule is CCN(CC)C(=O)C(CCN1CC[C@@H](NC(=O)Nc2cc(C)nc3ccccc23)C1)(c1ccccc1)c1ccccc1. The number of carbonyl (C=O) groups excluding carboxylic acids is 2.